The molecule has 4 heteroatoms. The lowest BCUT2D eigenvalue weighted by molar-refractivity contribution is 1.32. The lowest BCUT2D eigenvalue weighted by Gasteiger charge is -2.11. The molecule has 1 rings (SSSR count). The summed E-state index contributed by atoms with van der Waals surface area (Å²) < 4.78 is 0. The van der Waals surface area contributed by atoms with Gasteiger partial charge in [0.1, 0.15) is 7.85 Å². The van der Waals surface area contributed by atoms with Crippen molar-refractivity contribution in [3.8, 4) is 0 Å². The number of anilines is 2. The summed E-state index contributed by atoms with van der Waals surface area (Å²) in [5.41, 5.74) is 9.25. The molecular formula is C13H24BN3. The third-order valence-electron chi connectivity index (χ3n) is 2.20. The van der Waals surface area contributed by atoms with E-state index in [9.17, 15) is 0 Å². The van der Waals surface area contributed by atoms with Crippen LogP contribution < -0.4 is 22.7 Å². The van der Waals surface area contributed by atoms with E-state index in [2.05, 4.69) is 5.32 Å². The highest BCUT2D eigenvalue weighted by molar-refractivity contribution is 6.34. The van der Waals surface area contributed by atoms with Gasteiger partial charge in [0, 0.05) is 6.54 Å². The molecule has 0 spiro atoms. The Morgan fingerprint density at radius 1 is 1.35 bits per heavy atom. The molecule has 17 heavy (non-hydrogen) atoms. The van der Waals surface area contributed by atoms with Crippen molar-refractivity contribution in [3.05, 3.63) is 29.8 Å². The van der Waals surface area contributed by atoms with Gasteiger partial charge in [-0.2, -0.15) is 0 Å². The summed E-state index contributed by atoms with van der Waals surface area (Å²) in [5, 5.41) is 3.21. The van der Waals surface area contributed by atoms with Gasteiger partial charge >= 0.3 is 0 Å². The van der Waals surface area contributed by atoms with Gasteiger partial charge in [0.25, 0.3) is 0 Å². The van der Waals surface area contributed by atoms with Crippen LogP contribution in [0.2, 0.25) is 0 Å². The Morgan fingerprint density at radius 2 is 1.94 bits per heavy atom. The van der Waals surface area contributed by atoms with Crippen molar-refractivity contribution in [2.45, 2.75) is 27.7 Å². The summed E-state index contributed by atoms with van der Waals surface area (Å²) >= 11 is 0. The van der Waals surface area contributed by atoms with Crippen LogP contribution in [-0.4, -0.2) is 14.4 Å². The third kappa shape index (κ3) is 5.45. The fraction of sp³-hybridized carbons (Fsp3) is 0.385. The summed E-state index contributed by atoms with van der Waals surface area (Å²) in [6.07, 6.45) is 4.03. The molecule has 0 aliphatic carbocycles. The maximum Gasteiger partial charge on any atom is 0.114 e. The summed E-state index contributed by atoms with van der Waals surface area (Å²) in [4.78, 5) is 0. The van der Waals surface area contributed by atoms with Crippen molar-refractivity contribution >= 4 is 24.7 Å². The van der Waals surface area contributed by atoms with Crippen molar-refractivity contribution < 1.29 is 0 Å². The van der Waals surface area contributed by atoms with Gasteiger partial charge in [0.2, 0.25) is 0 Å². The van der Waals surface area contributed by atoms with E-state index in [4.69, 9.17) is 13.6 Å². The summed E-state index contributed by atoms with van der Waals surface area (Å²) in [6, 6.07) is 3.77. The van der Waals surface area contributed by atoms with Gasteiger partial charge in [-0.25, -0.2) is 0 Å². The predicted molar refractivity (Wildman–Crippen MR) is 80.7 cm³/mol. The molecule has 94 valence electrons. The van der Waals surface area contributed by atoms with Gasteiger partial charge in [-0.3, -0.25) is 0 Å². The van der Waals surface area contributed by atoms with E-state index >= 15 is 0 Å². The lowest BCUT2D eigenvalue weighted by atomic mass is 9.90. The number of nitrogens with two attached hydrogens (primary N) is 1. The third-order valence-corrected chi connectivity index (χ3v) is 2.20. The van der Waals surface area contributed by atoms with Gasteiger partial charge in [0.15, 0.2) is 0 Å². The van der Waals surface area contributed by atoms with E-state index in [1.54, 1.807) is 0 Å². The van der Waals surface area contributed by atoms with Gasteiger partial charge in [-0.1, -0.05) is 37.5 Å². The Kier molecular flexibility index (Phi) is 10.3. The topological polar surface area (TPSA) is 73.0 Å². The normalized spacial score (nSPS) is 9.18. The number of hydrogen-bond acceptors (Lipinski definition) is 3. The molecule has 0 bridgehead atoms. The van der Waals surface area contributed by atoms with E-state index in [1.165, 1.54) is 0 Å². The van der Waals surface area contributed by atoms with Crippen molar-refractivity contribution in [1.29, 1.82) is 0 Å². The first-order valence-electron chi connectivity index (χ1n) is 5.66. The fourth-order valence-electron chi connectivity index (χ4n) is 1.19. The Labute approximate surface area is 106 Å². The van der Waals surface area contributed by atoms with Crippen LogP contribution >= 0.6 is 0 Å². The highest BCUT2D eigenvalue weighted by Crippen LogP contribution is 2.19. The van der Waals surface area contributed by atoms with Gasteiger partial charge in [-0.15, -0.1) is 0 Å². The Bertz CT molecular complexity index is 349. The molecule has 6 N–H and O–H groups in total. The van der Waals surface area contributed by atoms with E-state index in [-0.39, 0.29) is 6.15 Å². The quantitative estimate of drug-likeness (QED) is 0.426. The van der Waals surface area contributed by atoms with E-state index in [0.29, 0.717) is 0 Å². The molecule has 0 saturated heterocycles. The molecular weight excluding hydrogens is 209 g/mol. The van der Waals surface area contributed by atoms with E-state index in [0.717, 1.165) is 28.9 Å². The number of hydrogen-bond donors (Lipinski definition) is 3. The first kappa shape index (κ1) is 18.0. The van der Waals surface area contributed by atoms with Crippen molar-refractivity contribution in [1.82, 2.24) is 6.15 Å². The molecule has 0 amide bonds. The van der Waals surface area contributed by atoms with Crippen molar-refractivity contribution in [2.75, 3.05) is 17.6 Å². The van der Waals surface area contributed by atoms with Crippen LogP contribution in [0.1, 0.15) is 26.3 Å². The molecule has 0 aliphatic heterocycles. The maximum atomic E-state index is 5.90. The minimum absolute atomic E-state index is 0. The minimum Gasteiger partial charge on any atom is -0.397 e. The molecule has 1 aromatic rings. The van der Waals surface area contributed by atoms with Crippen LogP contribution in [-0.2, 0) is 0 Å². The van der Waals surface area contributed by atoms with Crippen LogP contribution in [0.4, 0.5) is 11.4 Å². The fourth-order valence-corrected chi connectivity index (χ4v) is 1.19. The molecule has 0 saturated carbocycles. The standard InChI is InChI=1S/C11H15BN2.C2H6.H3N/c1-3-4-7-14-10-6-5-9(12)8(2)11(10)13;1-2;/h3-6,14H,7,13H2,1-2H3;1-2H3;1H3/b4-3+;;. The molecule has 0 fully saturated rings. The zero-order valence-corrected chi connectivity index (χ0v) is 11.4. The van der Waals surface area contributed by atoms with Gasteiger partial charge < -0.3 is 17.2 Å². The molecule has 0 aliphatic rings. The van der Waals surface area contributed by atoms with Gasteiger partial charge in [0.05, 0.1) is 11.4 Å². The second-order valence-electron chi connectivity index (χ2n) is 3.19. The lowest BCUT2D eigenvalue weighted by Crippen LogP contribution is -2.12. The smallest absolute Gasteiger partial charge is 0.114 e. The van der Waals surface area contributed by atoms with Crippen molar-refractivity contribution in [3.63, 3.8) is 0 Å². The van der Waals surface area contributed by atoms with E-state index < -0.39 is 0 Å². The molecule has 2 radical (unpaired) electrons. The average molecular weight is 233 g/mol. The summed E-state index contributed by atoms with van der Waals surface area (Å²) in [7, 11) is 5.72. The van der Waals surface area contributed by atoms with Crippen LogP contribution in [0.15, 0.2) is 24.3 Å². The van der Waals surface area contributed by atoms with Crippen LogP contribution in [0, 0.1) is 6.92 Å². The van der Waals surface area contributed by atoms with Crippen LogP contribution in [0.3, 0.4) is 0 Å². The molecule has 3 nitrogen and oxygen atoms in total. The first-order chi connectivity index (χ1) is 7.66. The molecule has 0 atom stereocenters. The molecule has 0 unspecified atom stereocenters. The number of nitrogen functional groups attached to an aromatic ring is 1. The van der Waals surface area contributed by atoms with Crippen LogP contribution in [0.5, 0.6) is 0 Å². The summed E-state index contributed by atoms with van der Waals surface area (Å²) in [5.74, 6) is 0. The van der Waals surface area contributed by atoms with Crippen molar-refractivity contribution in [2.24, 2.45) is 0 Å². The Morgan fingerprint density at radius 3 is 2.47 bits per heavy atom. The zero-order chi connectivity index (χ0) is 12.6. The highest BCUT2D eigenvalue weighted by atomic mass is 14.9. The largest absolute Gasteiger partial charge is 0.397 e. The van der Waals surface area contributed by atoms with Gasteiger partial charge in [-0.05, 0) is 25.5 Å². The Balaban J connectivity index is 0. The average Bonchev–Trinajstić information content (AvgIpc) is 2.32. The highest BCUT2D eigenvalue weighted by Gasteiger charge is 2.02. The SMILES string of the molecule is CC.N.[B]c1ccc(NC/C=C/C)c(N)c1C. The summed E-state index contributed by atoms with van der Waals surface area (Å²) in [6.45, 7) is 8.69. The molecule has 0 heterocycles. The first-order valence-corrected chi connectivity index (χ1v) is 5.66. The minimum atomic E-state index is 0. The maximum absolute atomic E-state index is 5.90. The second kappa shape index (κ2) is 9.79. The molecule has 1 aromatic carbocycles. The van der Waals surface area contributed by atoms with E-state index in [1.807, 2.05) is 52.0 Å². The molecule has 0 aromatic heterocycles. The zero-order valence-electron chi connectivity index (χ0n) is 11.4. The monoisotopic (exact) mass is 233 g/mol. The van der Waals surface area contributed by atoms with Crippen LogP contribution in [0.25, 0.3) is 0 Å². The number of nitrogens with one attached hydrogen (secondary N) is 1. The number of benzene rings is 1. The number of rotatable bonds is 3. The second-order valence-corrected chi connectivity index (χ2v) is 3.19. The predicted octanol–water partition coefficient (Wildman–Crippen LogP) is 2.55. The Hall–Kier alpha value is -1.42. The number of allylic oxidation sites excluding steroid dienone is 1.